The number of primary amides is 1. The third kappa shape index (κ3) is 3.05. The Balaban J connectivity index is 2.62. The van der Waals surface area contributed by atoms with Gasteiger partial charge in [-0.15, -0.1) is 0 Å². The summed E-state index contributed by atoms with van der Waals surface area (Å²) in [6.07, 6.45) is 0. The van der Waals surface area contributed by atoms with E-state index in [9.17, 15) is 14.0 Å². The van der Waals surface area contributed by atoms with E-state index in [4.69, 9.17) is 5.73 Å². The standard InChI is InChI=1S/C10H11FN2O2/c1-6-4-7(2-3-8(6)11)5-13-10(15)9(12)14/h2-4H,5H2,1H3,(H2,12,14)(H,13,15). The molecule has 0 unspecified atom stereocenters. The lowest BCUT2D eigenvalue weighted by atomic mass is 10.1. The number of carbonyl (C=O) groups excluding carboxylic acids is 2. The van der Waals surface area contributed by atoms with Crippen LogP contribution < -0.4 is 11.1 Å². The second-order valence-electron chi connectivity index (χ2n) is 3.13. The molecular formula is C10H11FN2O2. The van der Waals surface area contributed by atoms with Crippen LogP contribution in [0.2, 0.25) is 0 Å². The molecule has 5 heteroatoms. The zero-order valence-electron chi connectivity index (χ0n) is 8.21. The summed E-state index contributed by atoms with van der Waals surface area (Å²) in [7, 11) is 0. The smallest absolute Gasteiger partial charge is 0.309 e. The van der Waals surface area contributed by atoms with Crippen molar-refractivity contribution < 1.29 is 14.0 Å². The third-order valence-electron chi connectivity index (χ3n) is 1.90. The number of halogens is 1. The number of carbonyl (C=O) groups is 2. The molecule has 1 aromatic rings. The summed E-state index contributed by atoms with van der Waals surface area (Å²) in [6.45, 7) is 1.78. The SMILES string of the molecule is Cc1cc(CNC(=O)C(N)=O)ccc1F. The van der Waals surface area contributed by atoms with E-state index >= 15 is 0 Å². The number of hydrogen-bond acceptors (Lipinski definition) is 2. The van der Waals surface area contributed by atoms with E-state index in [1.165, 1.54) is 12.1 Å². The first-order valence-electron chi connectivity index (χ1n) is 4.33. The Hall–Kier alpha value is -1.91. The molecule has 0 saturated carbocycles. The fourth-order valence-electron chi connectivity index (χ4n) is 1.09. The molecule has 2 amide bonds. The highest BCUT2D eigenvalue weighted by molar-refractivity contribution is 6.34. The van der Waals surface area contributed by atoms with E-state index in [0.717, 1.165) is 0 Å². The highest BCUT2D eigenvalue weighted by Crippen LogP contribution is 2.08. The molecule has 0 heterocycles. The van der Waals surface area contributed by atoms with Gasteiger partial charge in [0.25, 0.3) is 0 Å². The second-order valence-corrected chi connectivity index (χ2v) is 3.13. The van der Waals surface area contributed by atoms with Crippen LogP contribution in [0.15, 0.2) is 18.2 Å². The highest BCUT2D eigenvalue weighted by Gasteiger charge is 2.07. The van der Waals surface area contributed by atoms with Gasteiger partial charge in [-0.3, -0.25) is 9.59 Å². The first kappa shape index (κ1) is 11.2. The summed E-state index contributed by atoms with van der Waals surface area (Å²) < 4.78 is 12.9. The van der Waals surface area contributed by atoms with Gasteiger partial charge in [0.15, 0.2) is 0 Å². The lowest BCUT2D eigenvalue weighted by molar-refractivity contribution is -0.137. The van der Waals surface area contributed by atoms with Gasteiger partial charge >= 0.3 is 11.8 Å². The van der Waals surface area contributed by atoms with Crippen molar-refractivity contribution in [2.24, 2.45) is 5.73 Å². The van der Waals surface area contributed by atoms with Crippen LogP contribution in [0.5, 0.6) is 0 Å². The first-order chi connectivity index (χ1) is 7.00. The number of nitrogens with two attached hydrogens (primary N) is 1. The third-order valence-corrected chi connectivity index (χ3v) is 1.90. The summed E-state index contributed by atoms with van der Waals surface area (Å²) in [5.41, 5.74) is 5.94. The van der Waals surface area contributed by atoms with Crippen molar-refractivity contribution in [1.82, 2.24) is 5.32 Å². The molecule has 0 atom stereocenters. The molecule has 1 rings (SSSR count). The van der Waals surface area contributed by atoms with Crippen LogP contribution >= 0.6 is 0 Å². The van der Waals surface area contributed by atoms with Crippen LogP contribution in [-0.4, -0.2) is 11.8 Å². The maximum absolute atomic E-state index is 12.9. The van der Waals surface area contributed by atoms with Crippen molar-refractivity contribution >= 4 is 11.8 Å². The predicted octanol–water partition coefficient (Wildman–Crippen LogP) is 0.236. The maximum atomic E-state index is 12.9. The van der Waals surface area contributed by atoms with Crippen LogP contribution in [0.3, 0.4) is 0 Å². The van der Waals surface area contributed by atoms with Gasteiger partial charge in [-0.25, -0.2) is 4.39 Å². The molecule has 80 valence electrons. The van der Waals surface area contributed by atoms with Crippen LogP contribution in [-0.2, 0) is 16.1 Å². The van der Waals surface area contributed by atoms with Crippen molar-refractivity contribution in [1.29, 1.82) is 0 Å². The molecule has 0 fully saturated rings. The molecule has 3 N–H and O–H groups in total. The monoisotopic (exact) mass is 210 g/mol. The molecule has 0 radical (unpaired) electrons. The average Bonchev–Trinajstić information content (AvgIpc) is 2.19. The lowest BCUT2D eigenvalue weighted by Crippen LogP contribution is -2.35. The van der Waals surface area contributed by atoms with Crippen molar-refractivity contribution in [2.45, 2.75) is 13.5 Å². The fraction of sp³-hybridized carbons (Fsp3) is 0.200. The average molecular weight is 210 g/mol. The van der Waals surface area contributed by atoms with Crippen LogP contribution in [0, 0.1) is 12.7 Å². The van der Waals surface area contributed by atoms with Gasteiger partial charge < -0.3 is 11.1 Å². The van der Waals surface area contributed by atoms with Crippen molar-refractivity contribution in [3.8, 4) is 0 Å². The number of hydrogen-bond donors (Lipinski definition) is 2. The Labute approximate surface area is 86.3 Å². The molecule has 1 aromatic carbocycles. The molecule has 0 spiro atoms. The largest absolute Gasteiger partial charge is 0.361 e. The first-order valence-corrected chi connectivity index (χ1v) is 4.33. The molecule has 0 bridgehead atoms. The Bertz CT molecular complexity index is 404. The Morgan fingerprint density at radius 1 is 1.47 bits per heavy atom. The highest BCUT2D eigenvalue weighted by atomic mass is 19.1. The minimum Gasteiger partial charge on any atom is -0.361 e. The number of nitrogens with one attached hydrogen (secondary N) is 1. The van der Waals surface area contributed by atoms with E-state index in [2.05, 4.69) is 5.32 Å². The molecule has 15 heavy (non-hydrogen) atoms. The Kier molecular flexibility index (Phi) is 3.38. The van der Waals surface area contributed by atoms with Crippen molar-refractivity contribution in [3.05, 3.63) is 35.1 Å². The van der Waals surface area contributed by atoms with Gasteiger partial charge in [0.05, 0.1) is 0 Å². The van der Waals surface area contributed by atoms with E-state index in [0.29, 0.717) is 11.1 Å². The van der Waals surface area contributed by atoms with Crippen LogP contribution in [0.1, 0.15) is 11.1 Å². The summed E-state index contributed by atoms with van der Waals surface area (Å²) in [5, 5.41) is 2.31. The maximum Gasteiger partial charge on any atom is 0.309 e. The summed E-state index contributed by atoms with van der Waals surface area (Å²) in [4.78, 5) is 21.2. The van der Waals surface area contributed by atoms with Gasteiger partial charge in [0, 0.05) is 6.54 Å². The molecule has 0 aliphatic rings. The molecule has 4 nitrogen and oxygen atoms in total. The molecular weight excluding hydrogens is 199 g/mol. The molecule has 0 aliphatic carbocycles. The molecule has 0 aromatic heterocycles. The minimum atomic E-state index is -1.03. The van der Waals surface area contributed by atoms with Gasteiger partial charge in [-0.2, -0.15) is 0 Å². The van der Waals surface area contributed by atoms with E-state index in [1.807, 2.05) is 0 Å². The van der Waals surface area contributed by atoms with E-state index in [-0.39, 0.29) is 12.4 Å². The zero-order valence-corrected chi connectivity index (χ0v) is 8.21. The predicted molar refractivity (Wildman–Crippen MR) is 52.2 cm³/mol. The quantitative estimate of drug-likeness (QED) is 0.686. The number of amides is 2. The minimum absolute atomic E-state index is 0.156. The summed E-state index contributed by atoms with van der Waals surface area (Å²) in [5.74, 6) is -2.19. The van der Waals surface area contributed by atoms with Crippen LogP contribution in [0.25, 0.3) is 0 Å². The second kappa shape index (κ2) is 4.54. The van der Waals surface area contributed by atoms with E-state index in [1.54, 1.807) is 13.0 Å². The normalized spacial score (nSPS) is 9.73. The number of aryl methyl sites for hydroxylation is 1. The zero-order chi connectivity index (χ0) is 11.4. The lowest BCUT2D eigenvalue weighted by Gasteiger charge is -2.04. The number of rotatable bonds is 2. The topological polar surface area (TPSA) is 72.2 Å². The number of benzene rings is 1. The molecule has 0 aliphatic heterocycles. The van der Waals surface area contributed by atoms with Gasteiger partial charge in [0.2, 0.25) is 0 Å². The Morgan fingerprint density at radius 2 is 2.13 bits per heavy atom. The van der Waals surface area contributed by atoms with Crippen molar-refractivity contribution in [2.75, 3.05) is 0 Å². The van der Waals surface area contributed by atoms with Gasteiger partial charge in [0.1, 0.15) is 5.82 Å². The van der Waals surface area contributed by atoms with Crippen LogP contribution in [0.4, 0.5) is 4.39 Å². The Morgan fingerprint density at radius 3 is 2.67 bits per heavy atom. The fourth-order valence-corrected chi connectivity index (χ4v) is 1.09. The molecule has 0 saturated heterocycles. The van der Waals surface area contributed by atoms with Gasteiger partial charge in [-0.05, 0) is 24.1 Å². The van der Waals surface area contributed by atoms with Gasteiger partial charge in [-0.1, -0.05) is 12.1 Å². The van der Waals surface area contributed by atoms with Crippen molar-refractivity contribution in [3.63, 3.8) is 0 Å². The summed E-state index contributed by atoms with van der Waals surface area (Å²) >= 11 is 0. The summed E-state index contributed by atoms with van der Waals surface area (Å²) in [6, 6.07) is 4.43. The van der Waals surface area contributed by atoms with E-state index < -0.39 is 11.8 Å².